The zero-order chi connectivity index (χ0) is 9.83. The second-order valence-corrected chi connectivity index (χ2v) is 4.66. The molecule has 3 aliphatic rings. The van der Waals surface area contributed by atoms with Crippen molar-refractivity contribution in [2.45, 2.75) is 0 Å². The summed E-state index contributed by atoms with van der Waals surface area (Å²) in [5.41, 5.74) is 2.63. The van der Waals surface area contributed by atoms with Gasteiger partial charge in [0.05, 0.1) is 0 Å². The van der Waals surface area contributed by atoms with Crippen molar-refractivity contribution >= 4 is 23.5 Å². The summed E-state index contributed by atoms with van der Waals surface area (Å²) in [4.78, 5) is 0. The molecule has 3 aliphatic heterocycles. The van der Waals surface area contributed by atoms with E-state index in [1.54, 1.807) is 0 Å². The molecule has 0 atom stereocenters. The first-order valence-electron chi connectivity index (χ1n) is 4.80. The summed E-state index contributed by atoms with van der Waals surface area (Å²) < 4.78 is 4.42. The van der Waals surface area contributed by atoms with E-state index in [1.165, 1.54) is 21.8 Å². The minimum atomic E-state index is 1.30. The number of allylic oxidation sites excluding steroid dienone is 2. The fourth-order valence-electron chi connectivity index (χ4n) is 2.04. The van der Waals surface area contributed by atoms with Gasteiger partial charge in [0, 0.05) is 0 Å². The molecule has 0 spiro atoms. The van der Waals surface area contributed by atoms with Gasteiger partial charge in [0.25, 0.3) is 0 Å². The van der Waals surface area contributed by atoms with Gasteiger partial charge in [-0.25, -0.2) is 0 Å². The molecule has 0 radical (unpaired) electrons. The van der Waals surface area contributed by atoms with Crippen LogP contribution >= 0.6 is 0 Å². The van der Waals surface area contributed by atoms with Crippen LogP contribution < -0.4 is 18.3 Å². The van der Waals surface area contributed by atoms with Gasteiger partial charge in [-0.15, -0.1) is 0 Å². The molecule has 77 valence electrons. The second-order valence-electron chi connectivity index (χ2n) is 3.57. The fourth-order valence-corrected chi connectivity index (χ4v) is 3.18. The summed E-state index contributed by atoms with van der Waals surface area (Å²) in [6.45, 7) is 0. The fraction of sp³-hybridized carbons (Fsp3) is 0. The second kappa shape index (κ2) is 2.57. The Morgan fingerprint density at radius 1 is 0.800 bits per heavy atom. The van der Waals surface area contributed by atoms with E-state index < -0.39 is 0 Å². The van der Waals surface area contributed by atoms with Crippen LogP contribution in [0.3, 0.4) is 0 Å². The Hall–Kier alpha value is -1.44. The molecular formula is C12H8CuN2. The summed E-state index contributed by atoms with van der Waals surface area (Å²) >= 11 is 1.82. The molecule has 3 heterocycles. The Kier molecular flexibility index (Phi) is 1.34. The summed E-state index contributed by atoms with van der Waals surface area (Å²) in [5, 5.41) is 2.60. The Morgan fingerprint density at radius 2 is 1.33 bits per heavy atom. The van der Waals surface area contributed by atoms with Crippen molar-refractivity contribution in [3.05, 3.63) is 47.1 Å². The van der Waals surface area contributed by atoms with Gasteiger partial charge in [-0.1, -0.05) is 0 Å². The Morgan fingerprint density at radius 3 is 1.87 bits per heavy atom. The zero-order valence-corrected chi connectivity index (χ0v) is 8.76. The number of nitrogens with zero attached hydrogens (tertiary/aromatic N) is 2. The van der Waals surface area contributed by atoms with E-state index in [-0.39, 0.29) is 0 Å². The van der Waals surface area contributed by atoms with Gasteiger partial charge >= 0.3 is 93.9 Å². The zero-order valence-electron chi connectivity index (χ0n) is 7.81. The normalized spacial score (nSPS) is 19.2. The molecule has 0 unspecified atom stereocenters. The monoisotopic (exact) mass is 243 g/mol. The van der Waals surface area contributed by atoms with Gasteiger partial charge in [0.2, 0.25) is 0 Å². The number of hydrogen-bond donors (Lipinski definition) is 0. The molecule has 0 N–H and O–H groups in total. The molecule has 0 aliphatic carbocycles. The first-order chi connectivity index (χ1) is 7.43. The van der Waals surface area contributed by atoms with E-state index in [1.807, 2.05) is 15.4 Å². The van der Waals surface area contributed by atoms with Gasteiger partial charge in [-0.3, -0.25) is 0 Å². The molecule has 1 aromatic rings. The molecule has 0 bridgehead atoms. The van der Waals surface area contributed by atoms with Crippen LogP contribution in [0.25, 0.3) is 12.2 Å². The molecule has 3 heteroatoms. The maximum atomic E-state index is 2.21. The molecule has 0 saturated heterocycles. The third-order valence-electron chi connectivity index (χ3n) is 2.70. The third kappa shape index (κ3) is 0.895. The quantitative estimate of drug-likeness (QED) is 0.624. The third-order valence-corrected chi connectivity index (χ3v) is 3.81. The van der Waals surface area contributed by atoms with Crippen molar-refractivity contribution in [1.82, 2.24) is 0 Å². The van der Waals surface area contributed by atoms with Crippen LogP contribution in [-0.2, 0) is 15.4 Å². The topological polar surface area (TPSA) is 6.48 Å². The van der Waals surface area contributed by atoms with Crippen LogP contribution in [-0.4, -0.2) is 0 Å². The van der Waals surface area contributed by atoms with Crippen molar-refractivity contribution in [1.29, 1.82) is 0 Å². The Labute approximate surface area is 94.1 Å². The van der Waals surface area contributed by atoms with Gasteiger partial charge < -0.3 is 0 Å². The van der Waals surface area contributed by atoms with Gasteiger partial charge in [0.1, 0.15) is 0 Å². The van der Waals surface area contributed by atoms with Crippen LogP contribution in [0.4, 0.5) is 11.4 Å². The van der Waals surface area contributed by atoms with Crippen molar-refractivity contribution in [2.75, 3.05) is 7.83 Å². The van der Waals surface area contributed by atoms with Crippen LogP contribution in [0.15, 0.2) is 36.7 Å². The maximum absolute atomic E-state index is 2.21. The summed E-state index contributed by atoms with van der Waals surface area (Å²) in [7, 11) is 0. The minimum absolute atomic E-state index is 1.30. The van der Waals surface area contributed by atoms with Gasteiger partial charge in [0.15, 0.2) is 0 Å². The van der Waals surface area contributed by atoms with Crippen LogP contribution in [0.1, 0.15) is 0 Å². The summed E-state index contributed by atoms with van der Waals surface area (Å²) in [6.07, 6.45) is 12.7. The first kappa shape index (κ1) is 7.80. The average molecular weight is 244 g/mol. The van der Waals surface area contributed by atoms with Crippen LogP contribution in [0.5, 0.6) is 0 Å². The number of anilines is 2. The van der Waals surface area contributed by atoms with Crippen molar-refractivity contribution in [2.24, 2.45) is 0 Å². The van der Waals surface area contributed by atoms with E-state index in [0.29, 0.717) is 0 Å². The molecule has 1 aromatic carbocycles. The summed E-state index contributed by atoms with van der Waals surface area (Å²) in [5.74, 6) is 0. The average Bonchev–Trinajstić information content (AvgIpc) is 2.66. The van der Waals surface area contributed by atoms with Crippen molar-refractivity contribution in [3.63, 3.8) is 0 Å². The van der Waals surface area contributed by atoms with E-state index >= 15 is 0 Å². The number of hydrogen-bond acceptors (Lipinski definition) is 2. The van der Waals surface area contributed by atoms with Crippen molar-refractivity contribution in [3.8, 4) is 0 Å². The standard InChI is InChI=1S/C12H8N2.Cu/c1-3-9-5-6-10-4-2-8-14-12(10)11(9)13-7-1;/h1-8H;/q-2;+2. The molecule has 15 heavy (non-hydrogen) atoms. The van der Waals surface area contributed by atoms with E-state index in [0.717, 1.165) is 0 Å². The molecule has 0 saturated carbocycles. The van der Waals surface area contributed by atoms with E-state index in [2.05, 4.69) is 56.7 Å². The number of benzene rings is 1. The molecule has 0 fully saturated rings. The van der Waals surface area contributed by atoms with Crippen LogP contribution in [0, 0.1) is 0 Å². The SMILES string of the molecule is C1=C[N]2[Cu][N]3C=CC=c4ccc(c2c43)=C1. The number of rotatable bonds is 0. The Balaban J connectivity index is 2.23. The Bertz CT molecular complexity index is 573. The summed E-state index contributed by atoms with van der Waals surface area (Å²) in [6, 6.07) is 4.37. The predicted octanol–water partition coefficient (Wildman–Crippen LogP) is 0.841. The molecule has 2 nitrogen and oxygen atoms in total. The van der Waals surface area contributed by atoms with Crippen LogP contribution in [0.2, 0.25) is 0 Å². The first-order valence-corrected chi connectivity index (χ1v) is 5.65. The van der Waals surface area contributed by atoms with E-state index in [4.69, 9.17) is 0 Å². The molecule has 0 aromatic heterocycles. The predicted molar refractivity (Wildman–Crippen MR) is 57.9 cm³/mol. The van der Waals surface area contributed by atoms with Crippen molar-refractivity contribution < 1.29 is 15.4 Å². The molecule has 4 rings (SSSR count). The van der Waals surface area contributed by atoms with Gasteiger partial charge in [-0.2, -0.15) is 0 Å². The van der Waals surface area contributed by atoms with Gasteiger partial charge in [-0.05, 0) is 0 Å². The molecular weight excluding hydrogens is 236 g/mol. The molecule has 0 amide bonds. The van der Waals surface area contributed by atoms with E-state index in [9.17, 15) is 0 Å².